The van der Waals surface area contributed by atoms with Gasteiger partial charge in [0.05, 0.1) is 13.0 Å². The molecule has 1 saturated carbocycles. The molecule has 1 aliphatic rings. The van der Waals surface area contributed by atoms with E-state index in [0.717, 1.165) is 5.56 Å². The quantitative estimate of drug-likeness (QED) is 0.695. The largest absolute Gasteiger partial charge is 0.496 e. The summed E-state index contributed by atoms with van der Waals surface area (Å²) >= 11 is 0. The van der Waals surface area contributed by atoms with Gasteiger partial charge in [0.2, 0.25) is 0 Å². The summed E-state index contributed by atoms with van der Waals surface area (Å²) in [4.78, 5) is 22.4. The number of aryl methyl sites for hydroxylation is 1. The molecule has 1 aliphatic carbocycles. The van der Waals surface area contributed by atoms with E-state index in [0.29, 0.717) is 18.6 Å². The Balaban J connectivity index is 2.11. The first kappa shape index (κ1) is 15.3. The smallest absolute Gasteiger partial charge is 0.324 e. The molecule has 6 nitrogen and oxygen atoms in total. The highest BCUT2D eigenvalue weighted by molar-refractivity contribution is 5.83. The summed E-state index contributed by atoms with van der Waals surface area (Å²) < 4.78 is 5.22. The van der Waals surface area contributed by atoms with Crippen LogP contribution in [0.25, 0.3) is 0 Å². The Hall–Kier alpha value is -2.08. The molecule has 1 aromatic rings. The third kappa shape index (κ3) is 3.00. The number of methoxy groups -OCH3 is 1. The minimum Gasteiger partial charge on any atom is -0.496 e. The van der Waals surface area contributed by atoms with Gasteiger partial charge in [-0.15, -0.1) is 0 Å². The van der Waals surface area contributed by atoms with Gasteiger partial charge in [0.25, 0.3) is 0 Å². The first-order valence-corrected chi connectivity index (χ1v) is 6.77. The van der Waals surface area contributed by atoms with E-state index in [1.807, 2.05) is 18.2 Å². The minimum absolute atomic E-state index is 0.178. The van der Waals surface area contributed by atoms with E-state index in [-0.39, 0.29) is 6.42 Å². The number of ether oxygens (including phenoxy) is 1. The van der Waals surface area contributed by atoms with E-state index in [1.165, 1.54) is 0 Å². The maximum atomic E-state index is 11.5. The standard InChI is InChI=1S/C15H19NO5/c1-21-12-5-3-2-4-9(12)6-7-15(16,14(19)20)11-8-10(11)13(17)18/h2-5,10-11H,6-8,16H2,1H3,(H,17,18)(H,19,20)/t10-,11-,15?/m0/s1. The normalized spacial score (nSPS) is 23.1. The van der Waals surface area contributed by atoms with Crippen molar-refractivity contribution in [1.29, 1.82) is 0 Å². The second-order valence-corrected chi connectivity index (χ2v) is 5.44. The van der Waals surface area contributed by atoms with Gasteiger partial charge in [-0.25, -0.2) is 0 Å². The third-order valence-electron chi connectivity index (χ3n) is 4.17. The number of rotatable bonds is 7. The fourth-order valence-electron chi connectivity index (χ4n) is 2.74. The molecular weight excluding hydrogens is 274 g/mol. The topological polar surface area (TPSA) is 110 Å². The fraction of sp³-hybridized carbons (Fsp3) is 0.467. The molecule has 3 atom stereocenters. The van der Waals surface area contributed by atoms with Crippen molar-refractivity contribution >= 4 is 11.9 Å². The molecule has 0 aromatic heterocycles. The Morgan fingerprint density at radius 1 is 1.38 bits per heavy atom. The average Bonchev–Trinajstić information content (AvgIpc) is 3.25. The number of nitrogens with two attached hydrogens (primary N) is 1. The van der Waals surface area contributed by atoms with Gasteiger partial charge >= 0.3 is 11.9 Å². The number of aliphatic carboxylic acids is 2. The number of hydrogen-bond acceptors (Lipinski definition) is 4. The number of hydrogen-bond donors (Lipinski definition) is 3. The molecule has 4 N–H and O–H groups in total. The van der Waals surface area contributed by atoms with Crippen molar-refractivity contribution in [1.82, 2.24) is 0 Å². The molecule has 6 heteroatoms. The molecule has 0 amide bonds. The summed E-state index contributed by atoms with van der Waals surface area (Å²) in [7, 11) is 1.55. The lowest BCUT2D eigenvalue weighted by Gasteiger charge is -2.25. The highest BCUT2D eigenvalue weighted by Gasteiger charge is 2.58. The lowest BCUT2D eigenvalue weighted by atomic mass is 9.86. The third-order valence-corrected chi connectivity index (χ3v) is 4.17. The number of carboxylic acids is 2. The van der Waals surface area contributed by atoms with Gasteiger partial charge in [-0.05, 0) is 30.9 Å². The van der Waals surface area contributed by atoms with Crippen LogP contribution in [0.15, 0.2) is 24.3 Å². The van der Waals surface area contributed by atoms with E-state index < -0.39 is 29.3 Å². The van der Waals surface area contributed by atoms with E-state index in [1.54, 1.807) is 13.2 Å². The van der Waals surface area contributed by atoms with Gasteiger partial charge in [0.15, 0.2) is 0 Å². The van der Waals surface area contributed by atoms with E-state index >= 15 is 0 Å². The van der Waals surface area contributed by atoms with Crippen LogP contribution in [-0.2, 0) is 16.0 Å². The van der Waals surface area contributed by atoms with Gasteiger partial charge in [-0.2, -0.15) is 0 Å². The van der Waals surface area contributed by atoms with Crippen LogP contribution < -0.4 is 10.5 Å². The zero-order chi connectivity index (χ0) is 15.6. The van der Waals surface area contributed by atoms with Crippen molar-refractivity contribution in [2.24, 2.45) is 17.6 Å². The Morgan fingerprint density at radius 2 is 2.05 bits per heavy atom. The lowest BCUT2D eigenvalue weighted by molar-refractivity contribution is -0.145. The Morgan fingerprint density at radius 3 is 2.57 bits per heavy atom. The summed E-state index contributed by atoms with van der Waals surface area (Å²) in [5, 5.41) is 18.4. The molecule has 1 fully saturated rings. The predicted octanol–water partition coefficient (Wildman–Crippen LogP) is 1.13. The van der Waals surface area contributed by atoms with E-state index in [4.69, 9.17) is 15.6 Å². The Labute approximate surface area is 122 Å². The molecule has 1 unspecified atom stereocenters. The molecule has 1 aromatic carbocycles. The molecule has 0 saturated heterocycles. The fourth-order valence-corrected chi connectivity index (χ4v) is 2.74. The van der Waals surface area contributed by atoms with Crippen molar-refractivity contribution in [3.05, 3.63) is 29.8 Å². The van der Waals surface area contributed by atoms with Crippen LogP contribution in [-0.4, -0.2) is 34.8 Å². The van der Waals surface area contributed by atoms with Crippen molar-refractivity contribution in [3.8, 4) is 5.75 Å². The molecule has 114 valence electrons. The molecule has 21 heavy (non-hydrogen) atoms. The highest BCUT2D eigenvalue weighted by Crippen LogP contribution is 2.47. The van der Waals surface area contributed by atoms with Gasteiger partial charge in [-0.1, -0.05) is 18.2 Å². The monoisotopic (exact) mass is 293 g/mol. The summed E-state index contributed by atoms with van der Waals surface area (Å²) in [5.41, 5.74) is 5.36. The summed E-state index contributed by atoms with van der Waals surface area (Å²) in [5.74, 6) is -2.61. The van der Waals surface area contributed by atoms with Crippen LogP contribution in [0.1, 0.15) is 18.4 Å². The molecule has 0 spiro atoms. The number of benzene rings is 1. The second kappa shape index (κ2) is 5.73. The van der Waals surface area contributed by atoms with Crippen molar-refractivity contribution in [2.45, 2.75) is 24.8 Å². The summed E-state index contributed by atoms with van der Waals surface area (Å²) in [6.45, 7) is 0. The lowest BCUT2D eigenvalue weighted by Crippen LogP contribution is -2.51. The van der Waals surface area contributed by atoms with Crippen LogP contribution in [0, 0.1) is 11.8 Å². The van der Waals surface area contributed by atoms with Gasteiger partial charge in [-0.3, -0.25) is 9.59 Å². The van der Waals surface area contributed by atoms with Crippen molar-refractivity contribution in [3.63, 3.8) is 0 Å². The zero-order valence-electron chi connectivity index (χ0n) is 11.8. The summed E-state index contributed by atoms with van der Waals surface area (Å²) in [6, 6.07) is 7.32. The number of carboxylic acid groups (broad SMARTS) is 2. The van der Waals surface area contributed by atoms with Crippen LogP contribution >= 0.6 is 0 Å². The minimum atomic E-state index is -1.51. The summed E-state index contributed by atoms with van der Waals surface area (Å²) in [6.07, 6.45) is 0.927. The Kier molecular flexibility index (Phi) is 4.18. The van der Waals surface area contributed by atoms with Gasteiger partial charge in [0, 0.05) is 5.92 Å². The number of para-hydroxylation sites is 1. The van der Waals surface area contributed by atoms with Crippen molar-refractivity contribution in [2.75, 3.05) is 7.11 Å². The van der Waals surface area contributed by atoms with E-state index in [2.05, 4.69) is 0 Å². The first-order chi connectivity index (χ1) is 9.90. The molecule has 0 bridgehead atoms. The van der Waals surface area contributed by atoms with Crippen LogP contribution in [0.2, 0.25) is 0 Å². The van der Waals surface area contributed by atoms with Gasteiger partial charge in [0.1, 0.15) is 11.3 Å². The molecule has 0 aliphatic heterocycles. The highest BCUT2D eigenvalue weighted by atomic mass is 16.5. The average molecular weight is 293 g/mol. The van der Waals surface area contributed by atoms with Crippen LogP contribution in [0.3, 0.4) is 0 Å². The second-order valence-electron chi connectivity index (χ2n) is 5.44. The molecule has 2 rings (SSSR count). The van der Waals surface area contributed by atoms with E-state index in [9.17, 15) is 14.7 Å². The predicted molar refractivity (Wildman–Crippen MR) is 75.1 cm³/mol. The van der Waals surface area contributed by atoms with Gasteiger partial charge < -0.3 is 20.7 Å². The van der Waals surface area contributed by atoms with Crippen molar-refractivity contribution < 1.29 is 24.5 Å². The first-order valence-electron chi connectivity index (χ1n) is 6.77. The van der Waals surface area contributed by atoms with Crippen LogP contribution in [0.4, 0.5) is 0 Å². The molecular formula is C15H19NO5. The zero-order valence-corrected chi connectivity index (χ0v) is 11.8. The SMILES string of the molecule is COc1ccccc1CCC(N)(C(=O)O)[C@H]1C[C@@H]1C(=O)O. The molecule has 0 heterocycles. The Bertz CT molecular complexity index is 559. The molecule has 0 radical (unpaired) electrons. The maximum absolute atomic E-state index is 11.5. The number of carbonyl (C=O) groups is 2. The maximum Gasteiger partial charge on any atom is 0.324 e. The van der Waals surface area contributed by atoms with Crippen LogP contribution in [0.5, 0.6) is 5.75 Å².